The van der Waals surface area contributed by atoms with Gasteiger partial charge in [-0.3, -0.25) is 4.79 Å². The molecule has 0 aliphatic carbocycles. The molecule has 4 nitrogen and oxygen atoms in total. The van der Waals surface area contributed by atoms with E-state index in [-0.39, 0.29) is 11.2 Å². The molecule has 0 aliphatic rings. The van der Waals surface area contributed by atoms with Gasteiger partial charge in [-0.05, 0) is 24.5 Å². The summed E-state index contributed by atoms with van der Waals surface area (Å²) in [7, 11) is 0. The van der Waals surface area contributed by atoms with Crippen molar-refractivity contribution in [1.82, 2.24) is 9.97 Å². The fraction of sp³-hybridized carbons (Fsp3) is 0.316. The van der Waals surface area contributed by atoms with Crippen LogP contribution in [0.1, 0.15) is 20.8 Å². The molecule has 1 unspecified atom stereocenters. The van der Waals surface area contributed by atoms with E-state index < -0.39 is 0 Å². The summed E-state index contributed by atoms with van der Waals surface area (Å²) < 4.78 is 5.32. The van der Waals surface area contributed by atoms with Gasteiger partial charge in [-0.15, -0.1) is 11.3 Å². The first-order valence-corrected chi connectivity index (χ1v) is 9.87. The van der Waals surface area contributed by atoms with Gasteiger partial charge in [-0.1, -0.05) is 55.9 Å². The van der Waals surface area contributed by atoms with Crippen molar-refractivity contribution < 1.29 is 9.53 Å². The Hall–Kier alpha value is -1.92. The molecule has 0 saturated carbocycles. The molecule has 130 valence electrons. The van der Waals surface area contributed by atoms with Crippen LogP contribution < -0.4 is 0 Å². The van der Waals surface area contributed by atoms with Crippen molar-refractivity contribution in [3.8, 4) is 10.4 Å². The predicted molar refractivity (Wildman–Crippen MR) is 104 cm³/mol. The van der Waals surface area contributed by atoms with Gasteiger partial charge in [0.2, 0.25) is 0 Å². The molecule has 1 atom stereocenters. The molecule has 25 heavy (non-hydrogen) atoms. The van der Waals surface area contributed by atoms with E-state index in [1.807, 2.05) is 39.0 Å². The minimum absolute atomic E-state index is 0.205. The predicted octanol–water partition coefficient (Wildman–Crippen LogP) is 5.04. The van der Waals surface area contributed by atoms with Gasteiger partial charge in [0.25, 0.3) is 0 Å². The van der Waals surface area contributed by atoms with Crippen molar-refractivity contribution in [3.63, 3.8) is 0 Å². The van der Waals surface area contributed by atoms with Gasteiger partial charge in [0.15, 0.2) is 0 Å². The zero-order valence-corrected chi connectivity index (χ0v) is 16.1. The molecule has 0 amide bonds. The highest BCUT2D eigenvalue weighted by Crippen LogP contribution is 2.37. The van der Waals surface area contributed by atoms with E-state index >= 15 is 0 Å². The number of esters is 1. The van der Waals surface area contributed by atoms with Gasteiger partial charge in [-0.2, -0.15) is 0 Å². The highest BCUT2D eigenvalue weighted by molar-refractivity contribution is 8.00. The molecule has 0 aliphatic heterocycles. The average Bonchev–Trinajstić information content (AvgIpc) is 3.05. The Morgan fingerprint density at radius 1 is 1.20 bits per heavy atom. The van der Waals surface area contributed by atoms with Crippen LogP contribution in [0.2, 0.25) is 0 Å². The van der Waals surface area contributed by atoms with Gasteiger partial charge in [-0.25, -0.2) is 9.97 Å². The molecule has 0 fully saturated rings. The summed E-state index contributed by atoms with van der Waals surface area (Å²) in [6, 6.07) is 12.3. The second kappa shape index (κ2) is 7.97. The number of rotatable bonds is 6. The van der Waals surface area contributed by atoms with E-state index in [4.69, 9.17) is 4.74 Å². The van der Waals surface area contributed by atoms with Crippen LogP contribution in [-0.2, 0) is 9.53 Å². The number of aromatic nitrogens is 2. The van der Waals surface area contributed by atoms with Crippen LogP contribution in [0.15, 0.2) is 47.8 Å². The van der Waals surface area contributed by atoms with Crippen molar-refractivity contribution in [2.24, 2.45) is 5.92 Å². The van der Waals surface area contributed by atoms with Crippen LogP contribution in [-0.4, -0.2) is 27.8 Å². The van der Waals surface area contributed by atoms with Crippen molar-refractivity contribution in [2.75, 3.05) is 6.61 Å². The lowest BCUT2D eigenvalue weighted by atomic mass is 10.2. The Morgan fingerprint density at radius 2 is 1.96 bits per heavy atom. The molecular weight excluding hydrogens is 352 g/mol. The average molecular weight is 373 g/mol. The molecule has 0 saturated heterocycles. The number of thiophene rings is 1. The highest BCUT2D eigenvalue weighted by Gasteiger charge is 2.19. The maximum Gasteiger partial charge on any atom is 0.319 e. The van der Waals surface area contributed by atoms with Crippen LogP contribution in [0.25, 0.3) is 20.7 Å². The summed E-state index contributed by atoms with van der Waals surface area (Å²) in [5.41, 5.74) is 1.16. The fourth-order valence-electron chi connectivity index (χ4n) is 2.25. The van der Waals surface area contributed by atoms with Gasteiger partial charge in [0.05, 0.1) is 6.61 Å². The second-order valence-electron chi connectivity index (χ2n) is 6.16. The van der Waals surface area contributed by atoms with E-state index in [0.29, 0.717) is 12.5 Å². The van der Waals surface area contributed by atoms with E-state index in [1.54, 1.807) is 17.7 Å². The number of nitrogens with zero attached hydrogens (tertiary/aromatic N) is 2. The molecule has 3 rings (SSSR count). The molecule has 2 heterocycles. The summed E-state index contributed by atoms with van der Waals surface area (Å²) in [4.78, 5) is 23.0. The molecule has 1 aromatic carbocycles. The quantitative estimate of drug-likeness (QED) is 0.345. The Labute approximate surface area is 155 Å². The number of benzene rings is 1. The van der Waals surface area contributed by atoms with Gasteiger partial charge in [0.1, 0.15) is 21.4 Å². The van der Waals surface area contributed by atoms with Gasteiger partial charge in [0, 0.05) is 10.3 Å². The minimum Gasteiger partial charge on any atom is -0.465 e. The van der Waals surface area contributed by atoms with Crippen LogP contribution >= 0.6 is 23.1 Å². The molecule has 0 N–H and O–H groups in total. The molecule has 0 bridgehead atoms. The lowest BCUT2D eigenvalue weighted by molar-refractivity contribution is -0.143. The highest BCUT2D eigenvalue weighted by atomic mass is 32.2. The number of fused-ring (bicyclic) bond motifs is 1. The van der Waals surface area contributed by atoms with E-state index in [1.165, 1.54) is 11.8 Å². The molecule has 3 aromatic rings. The van der Waals surface area contributed by atoms with Crippen LogP contribution in [0, 0.1) is 5.92 Å². The van der Waals surface area contributed by atoms with Crippen LogP contribution in [0.3, 0.4) is 0 Å². The van der Waals surface area contributed by atoms with Crippen molar-refractivity contribution in [2.45, 2.75) is 31.0 Å². The molecule has 0 radical (unpaired) electrons. The molecular formula is C19H20N2O2S2. The van der Waals surface area contributed by atoms with Crippen LogP contribution in [0.5, 0.6) is 0 Å². The molecule has 2 aromatic heterocycles. The lowest BCUT2D eigenvalue weighted by Crippen LogP contribution is -2.19. The molecule has 6 heteroatoms. The standard InChI is InChI=1S/C19H20N2O2S2/c1-12(2)10-23-19(22)13(3)24-17-15-9-16(14-7-5-4-6-8-14)25-18(15)21-11-20-17/h4-9,11-13H,10H2,1-3H3. The van der Waals surface area contributed by atoms with E-state index in [2.05, 4.69) is 28.2 Å². The zero-order valence-electron chi connectivity index (χ0n) is 14.4. The lowest BCUT2D eigenvalue weighted by Gasteiger charge is -2.12. The number of hydrogen-bond donors (Lipinski definition) is 0. The summed E-state index contributed by atoms with van der Waals surface area (Å²) in [5, 5.41) is 1.49. The first-order valence-electron chi connectivity index (χ1n) is 8.18. The number of ether oxygens (including phenoxy) is 1. The molecule has 0 spiro atoms. The number of hydrogen-bond acceptors (Lipinski definition) is 6. The smallest absolute Gasteiger partial charge is 0.319 e. The van der Waals surface area contributed by atoms with Crippen LogP contribution in [0.4, 0.5) is 0 Å². The maximum absolute atomic E-state index is 12.1. The summed E-state index contributed by atoms with van der Waals surface area (Å²) in [6.45, 7) is 6.34. The Morgan fingerprint density at radius 3 is 2.68 bits per heavy atom. The summed E-state index contributed by atoms with van der Waals surface area (Å²) >= 11 is 3.06. The summed E-state index contributed by atoms with van der Waals surface area (Å²) in [5.74, 6) is 0.126. The SMILES string of the molecule is CC(C)COC(=O)C(C)Sc1ncnc2sc(-c3ccccc3)cc12. The first kappa shape index (κ1) is 17.9. The van der Waals surface area contributed by atoms with Gasteiger partial charge >= 0.3 is 5.97 Å². The Bertz CT molecular complexity index is 862. The van der Waals surface area contributed by atoms with E-state index in [0.717, 1.165) is 25.7 Å². The normalized spacial score (nSPS) is 12.5. The van der Waals surface area contributed by atoms with Crippen molar-refractivity contribution in [1.29, 1.82) is 0 Å². The minimum atomic E-state index is -0.308. The summed E-state index contributed by atoms with van der Waals surface area (Å²) in [6.07, 6.45) is 1.56. The van der Waals surface area contributed by atoms with Crippen molar-refractivity contribution >= 4 is 39.3 Å². The van der Waals surface area contributed by atoms with Gasteiger partial charge < -0.3 is 4.74 Å². The first-order chi connectivity index (χ1) is 12.0. The third-order valence-electron chi connectivity index (χ3n) is 3.53. The Balaban J connectivity index is 1.82. The zero-order chi connectivity index (χ0) is 17.8. The topological polar surface area (TPSA) is 52.1 Å². The van der Waals surface area contributed by atoms with E-state index in [9.17, 15) is 4.79 Å². The largest absolute Gasteiger partial charge is 0.465 e. The third-order valence-corrected chi connectivity index (χ3v) is 5.72. The maximum atomic E-state index is 12.1. The number of thioether (sulfide) groups is 1. The monoisotopic (exact) mass is 372 g/mol. The third kappa shape index (κ3) is 4.38. The number of carbonyl (C=O) groups excluding carboxylic acids is 1. The fourth-order valence-corrected chi connectivity index (χ4v) is 4.21. The Kier molecular flexibility index (Phi) is 5.71. The number of carbonyl (C=O) groups is 1. The van der Waals surface area contributed by atoms with Crippen molar-refractivity contribution in [3.05, 3.63) is 42.7 Å². The second-order valence-corrected chi connectivity index (χ2v) is 8.52.